The fourth-order valence-corrected chi connectivity index (χ4v) is 3.59. The van der Waals surface area contributed by atoms with Crippen LogP contribution in [0.4, 0.5) is 0 Å². The van der Waals surface area contributed by atoms with E-state index in [0.29, 0.717) is 23.8 Å². The van der Waals surface area contributed by atoms with E-state index in [9.17, 15) is 10.1 Å². The highest BCUT2D eigenvalue weighted by atomic mass is 16.5. The second-order valence-corrected chi connectivity index (χ2v) is 7.19. The van der Waals surface area contributed by atoms with Crippen LogP contribution in [0.2, 0.25) is 0 Å². The van der Waals surface area contributed by atoms with E-state index in [1.807, 2.05) is 12.1 Å². The fourth-order valence-electron chi connectivity index (χ4n) is 3.59. The number of aryl methyl sites for hydroxylation is 1. The summed E-state index contributed by atoms with van der Waals surface area (Å²) in [4.78, 5) is 15.1. The van der Waals surface area contributed by atoms with Gasteiger partial charge in [0, 0.05) is 38.1 Å². The van der Waals surface area contributed by atoms with E-state index in [1.54, 1.807) is 23.9 Å². The van der Waals surface area contributed by atoms with E-state index in [0.717, 1.165) is 13.1 Å². The Bertz CT molecular complexity index is 824. The van der Waals surface area contributed by atoms with Gasteiger partial charge >= 0.3 is 0 Å². The molecule has 144 valence electrons. The molecule has 0 saturated carbocycles. The number of aromatic nitrogens is 1. The summed E-state index contributed by atoms with van der Waals surface area (Å²) < 4.78 is 13.2. The van der Waals surface area contributed by atoms with Gasteiger partial charge in [0.15, 0.2) is 0 Å². The molecule has 1 saturated heterocycles. The van der Waals surface area contributed by atoms with Crippen molar-refractivity contribution in [2.24, 2.45) is 0 Å². The summed E-state index contributed by atoms with van der Waals surface area (Å²) >= 11 is 0. The third-order valence-corrected chi connectivity index (χ3v) is 4.87. The monoisotopic (exact) mass is 370 g/mol. The molecular weight excluding hydrogens is 344 g/mol. The maximum Gasteiger partial charge on any atom is 0.256 e. The van der Waals surface area contributed by atoms with Crippen LogP contribution in [0.5, 0.6) is 0 Å². The molecule has 27 heavy (non-hydrogen) atoms. The number of amides is 1. The SMILES string of the molecule is Cc1oc(-n2cccc2)c(C#N)c1C(=O)NCC(C)N1CC(C)OC(C)C1. The van der Waals surface area contributed by atoms with Crippen molar-refractivity contribution >= 4 is 5.91 Å². The van der Waals surface area contributed by atoms with Gasteiger partial charge in [0.25, 0.3) is 5.91 Å². The zero-order valence-corrected chi connectivity index (χ0v) is 16.2. The number of carbonyl (C=O) groups excluding carboxylic acids is 1. The smallest absolute Gasteiger partial charge is 0.256 e. The first-order chi connectivity index (χ1) is 12.9. The van der Waals surface area contributed by atoms with Crippen LogP contribution >= 0.6 is 0 Å². The lowest BCUT2D eigenvalue weighted by Crippen LogP contribution is -2.52. The van der Waals surface area contributed by atoms with Gasteiger partial charge in [-0.25, -0.2) is 0 Å². The van der Waals surface area contributed by atoms with E-state index >= 15 is 0 Å². The highest BCUT2D eigenvalue weighted by Gasteiger charge is 2.28. The third kappa shape index (κ3) is 4.07. The minimum Gasteiger partial charge on any atom is -0.443 e. The first-order valence-electron chi connectivity index (χ1n) is 9.25. The molecular formula is C20H26N4O3. The average Bonchev–Trinajstić information content (AvgIpc) is 3.25. The number of nitrogens with one attached hydrogen (secondary N) is 1. The van der Waals surface area contributed by atoms with E-state index in [4.69, 9.17) is 9.15 Å². The highest BCUT2D eigenvalue weighted by molar-refractivity contribution is 5.98. The molecule has 3 atom stereocenters. The lowest BCUT2D eigenvalue weighted by molar-refractivity contribution is -0.0778. The summed E-state index contributed by atoms with van der Waals surface area (Å²) in [5.41, 5.74) is 0.555. The van der Waals surface area contributed by atoms with Crippen LogP contribution in [0.1, 0.15) is 42.5 Å². The maximum atomic E-state index is 12.8. The Morgan fingerprint density at radius 3 is 2.56 bits per heavy atom. The van der Waals surface area contributed by atoms with Crippen molar-refractivity contribution in [3.8, 4) is 12.0 Å². The minimum absolute atomic E-state index is 0.171. The summed E-state index contributed by atoms with van der Waals surface area (Å²) in [6.45, 7) is 10.1. The van der Waals surface area contributed by atoms with Gasteiger partial charge in [-0.3, -0.25) is 14.3 Å². The van der Waals surface area contributed by atoms with Gasteiger partial charge < -0.3 is 14.5 Å². The third-order valence-electron chi connectivity index (χ3n) is 4.87. The molecule has 0 radical (unpaired) electrons. The minimum atomic E-state index is -0.285. The predicted molar refractivity (Wildman–Crippen MR) is 101 cm³/mol. The molecule has 1 fully saturated rings. The van der Waals surface area contributed by atoms with E-state index < -0.39 is 0 Å². The Morgan fingerprint density at radius 2 is 1.96 bits per heavy atom. The molecule has 2 aromatic heterocycles. The number of nitriles is 1. The van der Waals surface area contributed by atoms with E-state index in [2.05, 4.69) is 37.1 Å². The van der Waals surface area contributed by atoms with Crippen molar-refractivity contribution in [1.29, 1.82) is 5.26 Å². The Labute approximate surface area is 159 Å². The van der Waals surface area contributed by atoms with Crippen LogP contribution in [0.25, 0.3) is 5.88 Å². The van der Waals surface area contributed by atoms with Gasteiger partial charge in [0.1, 0.15) is 23.0 Å². The Kier molecular flexibility index (Phi) is 5.68. The van der Waals surface area contributed by atoms with Crippen molar-refractivity contribution < 1.29 is 13.9 Å². The van der Waals surface area contributed by atoms with Crippen LogP contribution < -0.4 is 5.32 Å². The molecule has 1 amide bonds. The highest BCUT2D eigenvalue weighted by Crippen LogP contribution is 2.25. The summed E-state index contributed by atoms with van der Waals surface area (Å²) in [5, 5.41) is 12.5. The largest absolute Gasteiger partial charge is 0.443 e. The number of hydrogen-bond acceptors (Lipinski definition) is 5. The van der Waals surface area contributed by atoms with E-state index in [-0.39, 0.29) is 29.7 Å². The van der Waals surface area contributed by atoms with Crippen molar-refractivity contribution in [2.45, 2.75) is 45.9 Å². The summed E-state index contributed by atoms with van der Waals surface area (Å²) in [6, 6.07) is 5.96. The molecule has 1 N–H and O–H groups in total. The Balaban J connectivity index is 1.71. The molecule has 1 aliphatic rings. The first-order valence-corrected chi connectivity index (χ1v) is 9.25. The molecule has 0 bridgehead atoms. The average molecular weight is 370 g/mol. The number of carbonyl (C=O) groups is 1. The lowest BCUT2D eigenvalue weighted by atomic mass is 10.1. The van der Waals surface area contributed by atoms with Crippen LogP contribution in [0.3, 0.4) is 0 Å². The molecule has 3 heterocycles. The summed E-state index contributed by atoms with van der Waals surface area (Å²) in [6.07, 6.45) is 3.92. The van der Waals surface area contributed by atoms with Crippen LogP contribution in [-0.4, -0.2) is 53.3 Å². The summed E-state index contributed by atoms with van der Waals surface area (Å²) in [7, 11) is 0. The maximum absolute atomic E-state index is 12.8. The molecule has 3 unspecified atom stereocenters. The number of morpholine rings is 1. The lowest BCUT2D eigenvalue weighted by Gasteiger charge is -2.39. The number of ether oxygens (including phenoxy) is 1. The Morgan fingerprint density at radius 1 is 1.33 bits per heavy atom. The van der Waals surface area contributed by atoms with Gasteiger partial charge in [-0.15, -0.1) is 0 Å². The molecule has 7 nitrogen and oxygen atoms in total. The number of hydrogen-bond donors (Lipinski definition) is 1. The van der Waals surface area contributed by atoms with Crippen LogP contribution in [0, 0.1) is 18.3 Å². The quantitative estimate of drug-likeness (QED) is 0.874. The van der Waals surface area contributed by atoms with Crippen molar-refractivity contribution in [1.82, 2.24) is 14.8 Å². The van der Waals surface area contributed by atoms with Gasteiger partial charge in [-0.05, 0) is 39.8 Å². The van der Waals surface area contributed by atoms with Gasteiger partial charge in [0.05, 0.1) is 12.2 Å². The fraction of sp³-hybridized carbons (Fsp3) is 0.500. The number of rotatable bonds is 5. The first kappa shape index (κ1) is 19.2. The number of furan rings is 1. The zero-order chi connectivity index (χ0) is 19.6. The van der Waals surface area contributed by atoms with Crippen molar-refractivity contribution in [3.05, 3.63) is 41.4 Å². The topological polar surface area (TPSA) is 83.4 Å². The van der Waals surface area contributed by atoms with Crippen molar-refractivity contribution in [3.63, 3.8) is 0 Å². The number of nitrogens with zero attached hydrogens (tertiary/aromatic N) is 3. The molecule has 3 rings (SSSR count). The molecule has 2 aromatic rings. The second kappa shape index (κ2) is 7.99. The Hall–Kier alpha value is -2.56. The van der Waals surface area contributed by atoms with Gasteiger partial charge in [-0.1, -0.05) is 0 Å². The molecule has 7 heteroatoms. The predicted octanol–water partition coefficient (Wildman–Crippen LogP) is 2.48. The molecule has 0 aliphatic carbocycles. The molecule has 0 spiro atoms. The van der Waals surface area contributed by atoms with Crippen LogP contribution in [0.15, 0.2) is 28.9 Å². The van der Waals surface area contributed by atoms with Crippen molar-refractivity contribution in [2.75, 3.05) is 19.6 Å². The molecule has 0 aromatic carbocycles. The summed E-state index contributed by atoms with van der Waals surface area (Å²) in [5.74, 6) is 0.524. The van der Waals surface area contributed by atoms with Gasteiger partial charge in [0.2, 0.25) is 5.88 Å². The standard InChI is InChI=1S/C20H26N4O3/c1-13(24-11-14(2)26-15(3)12-24)10-22-19(25)18-16(4)27-20(17(18)9-21)23-7-5-6-8-23/h5-8,13-15H,10-12H2,1-4H3,(H,22,25). The zero-order valence-electron chi connectivity index (χ0n) is 16.2. The van der Waals surface area contributed by atoms with Gasteiger partial charge in [-0.2, -0.15) is 5.26 Å². The molecule has 1 aliphatic heterocycles. The van der Waals surface area contributed by atoms with E-state index in [1.165, 1.54) is 0 Å². The van der Waals surface area contributed by atoms with Crippen LogP contribution in [-0.2, 0) is 4.74 Å². The normalized spacial score (nSPS) is 21.6. The second-order valence-electron chi connectivity index (χ2n) is 7.19.